The second-order valence-electron chi connectivity index (χ2n) is 7.31. The van der Waals surface area contributed by atoms with Gasteiger partial charge in [-0.2, -0.15) is 0 Å². The molecule has 0 spiro atoms. The molecule has 3 rings (SSSR count). The summed E-state index contributed by atoms with van der Waals surface area (Å²) in [6, 6.07) is 7.18. The third-order valence-corrected chi connectivity index (χ3v) is 4.80. The van der Waals surface area contributed by atoms with Gasteiger partial charge in [-0.1, -0.05) is 24.6 Å². The monoisotopic (exact) mass is 288 g/mol. The van der Waals surface area contributed by atoms with E-state index in [1.54, 1.807) is 0 Å². The molecule has 116 valence electrons. The normalized spacial score (nSPS) is 28.2. The molecule has 2 atom stereocenters. The molecule has 2 unspecified atom stereocenters. The first-order valence-electron chi connectivity index (χ1n) is 8.22. The highest BCUT2D eigenvalue weighted by Crippen LogP contribution is 2.30. The van der Waals surface area contributed by atoms with E-state index in [0.717, 1.165) is 31.8 Å². The topological polar surface area (TPSA) is 24.5 Å². The van der Waals surface area contributed by atoms with E-state index in [4.69, 9.17) is 4.74 Å². The van der Waals surface area contributed by atoms with Gasteiger partial charge in [-0.25, -0.2) is 0 Å². The summed E-state index contributed by atoms with van der Waals surface area (Å²) in [5.74, 6) is 1.09. The number of aryl methyl sites for hydroxylation is 1. The van der Waals surface area contributed by atoms with Crippen molar-refractivity contribution < 1.29 is 4.74 Å². The minimum Gasteiger partial charge on any atom is -0.488 e. The molecular weight excluding hydrogens is 260 g/mol. The molecule has 2 heterocycles. The molecule has 0 bridgehead atoms. The molecule has 3 nitrogen and oxygen atoms in total. The Morgan fingerprint density at radius 1 is 1.38 bits per heavy atom. The maximum absolute atomic E-state index is 6.16. The highest BCUT2D eigenvalue weighted by Gasteiger charge is 2.34. The van der Waals surface area contributed by atoms with Crippen LogP contribution in [-0.2, 0) is 6.42 Å². The van der Waals surface area contributed by atoms with E-state index >= 15 is 0 Å². The highest BCUT2D eigenvalue weighted by atomic mass is 16.5. The summed E-state index contributed by atoms with van der Waals surface area (Å²) in [6.07, 6.45) is 2.56. The summed E-state index contributed by atoms with van der Waals surface area (Å²) in [5.41, 5.74) is 2.91. The van der Waals surface area contributed by atoms with Crippen LogP contribution in [0.15, 0.2) is 18.2 Å². The van der Waals surface area contributed by atoms with Crippen LogP contribution in [0.3, 0.4) is 0 Å². The zero-order chi connectivity index (χ0) is 15.0. The molecule has 3 heteroatoms. The molecule has 1 aromatic rings. The zero-order valence-corrected chi connectivity index (χ0v) is 13.8. The van der Waals surface area contributed by atoms with Crippen LogP contribution in [0.2, 0.25) is 0 Å². The van der Waals surface area contributed by atoms with E-state index in [0.29, 0.717) is 12.1 Å². The molecule has 21 heavy (non-hydrogen) atoms. The first kappa shape index (κ1) is 14.9. The maximum atomic E-state index is 6.16. The standard InChI is InChI=1S/C18H28N2O/c1-5-15-10-19-18(3,4)12-20(15)11-16-9-14-8-13(2)6-7-17(14)21-16/h6-8,15-16,19H,5,9-12H2,1-4H3. The van der Waals surface area contributed by atoms with Crippen LogP contribution >= 0.6 is 0 Å². The number of hydrogen-bond acceptors (Lipinski definition) is 3. The second kappa shape index (κ2) is 5.62. The first-order chi connectivity index (χ1) is 9.97. The number of piperazine rings is 1. The van der Waals surface area contributed by atoms with E-state index in [-0.39, 0.29) is 5.54 Å². The minimum atomic E-state index is 0.202. The van der Waals surface area contributed by atoms with Crippen molar-refractivity contribution >= 4 is 0 Å². The Balaban J connectivity index is 1.66. The molecule has 1 N–H and O–H groups in total. The average Bonchev–Trinajstić information content (AvgIpc) is 2.79. The fourth-order valence-corrected chi connectivity index (χ4v) is 3.64. The molecule has 0 amide bonds. The SMILES string of the molecule is CCC1CNC(C)(C)CN1CC1Cc2cc(C)ccc2O1. The number of nitrogens with zero attached hydrogens (tertiary/aromatic N) is 1. The summed E-state index contributed by atoms with van der Waals surface area (Å²) < 4.78 is 6.16. The smallest absolute Gasteiger partial charge is 0.123 e. The molecule has 0 radical (unpaired) electrons. The van der Waals surface area contributed by atoms with Gasteiger partial charge in [0.05, 0.1) is 0 Å². The van der Waals surface area contributed by atoms with Crippen molar-refractivity contribution in [2.75, 3.05) is 19.6 Å². The lowest BCUT2D eigenvalue weighted by Gasteiger charge is -2.45. The molecule has 2 aliphatic rings. The van der Waals surface area contributed by atoms with Gasteiger partial charge in [-0.3, -0.25) is 4.90 Å². The van der Waals surface area contributed by atoms with Crippen molar-refractivity contribution in [2.45, 2.75) is 58.2 Å². The van der Waals surface area contributed by atoms with Crippen LogP contribution in [-0.4, -0.2) is 42.2 Å². The maximum Gasteiger partial charge on any atom is 0.123 e. The summed E-state index contributed by atoms with van der Waals surface area (Å²) in [4.78, 5) is 2.62. The summed E-state index contributed by atoms with van der Waals surface area (Å²) in [6.45, 7) is 12.2. The molecular formula is C18H28N2O. The predicted octanol–water partition coefficient (Wildman–Crippen LogP) is 2.76. The third kappa shape index (κ3) is 3.24. The quantitative estimate of drug-likeness (QED) is 0.925. The molecule has 0 aliphatic carbocycles. The van der Waals surface area contributed by atoms with Crippen molar-refractivity contribution in [3.05, 3.63) is 29.3 Å². The predicted molar refractivity (Wildman–Crippen MR) is 87.0 cm³/mol. The van der Waals surface area contributed by atoms with Crippen LogP contribution in [0.5, 0.6) is 5.75 Å². The van der Waals surface area contributed by atoms with E-state index in [2.05, 4.69) is 56.1 Å². The first-order valence-corrected chi connectivity index (χ1v) is 8.22. The van der Waals surface area contributed by atoms with Gasteiger partial charge >= 0.3 is 0 Å². The van der Waals surface area contributed by atoms with E-state index in [1.165, 1.54) is 17.5 Å². The third-order valence-electron chi connectivity index (χ3n) is 4.80. The number of rotatable bonds is 3. The lowest BCUT2D eigenvalue weighted by atomic mass is 9.96. The Kier molecular flexibility index (Phi) is 3.98. The van der Waals surface area contributed by atoms with Crippen LogP contribution in [0.1, 0.15) is 38.3 Å². The summed E-state index contributed by atoms with van der Waals surface area (Å²) in [7, 11) is 0. The molecule has 1 fully saturated rings. The van der Waals surface area contributed by atoms with Gasteiger partial charge in [0.15, 0.2) is 0 Å². The van der Waals surface area contributed by atoms with Gasteiger partial charge in [-0.15, -0.1) is 0 Å². The zero-order valence-electron chi connectivity index (χ0n) is 13.8. The number of benzene rings is 1. The Labute approximate surface area is 128 Å². The fraction of sp³-hybridized carbons (Fsp3) is 0.667. The molecule has 1 aromatic carbocycles. The van der Waals surface area contributed by atoms with Crippen LogP contribution in [0.25, 0.3) is 0 Å². The largest absolute Gasteiger partial charge is 0.488 e. The second-order valence-corrected chi connectivity index (χ2v) is 7.31. The van der Waals surface area contributed by atoms with Gasteiger partial charge in [-0.05, 0) is 38.8 Å². The van der Waals surface area contributed by atoms with Gasteiger partial charge in [0.2, 0.25) is 0 Å². The number of hydrogen-bond donors (Lipinski definition) is 1. The van der Waals surface area contributed by atoms with Crippen molar-refractivity contribution in [1.29, 1.82) is 0 Å². The average molecular weight is 288 g/mol. The number of nitrogens with one attached hydrogen (secondary N) is 1. The van der Waals surface area contributed by atoms with Crippen molar-refractivity contribution in [1.82, 2.24) is 10.2 Å². The lowest BCUT2D eigenvalue weighted by molar-refractivity contribution is 0.0563. The minimum absolute atomic E-state index is 0.202. The van der Waals surface area contributed by atoms with Crippen molar-refractivity contribution in [3.63, 3.8) is 0 Å². The Morgan fingerprint density at radius 3 is 2.95 bits per heavy atom. The van der Waals surface area contributed by atoms with Crippen molar-refractivity contribution in [3.8, 4) is 5.75 Å². The van der Waals surface area contributed by atoms with Gasteiger partial charge < -0.3 is 10.1 Å². The van der Waals surface area contributed by atoms with E-state index in [9.17, 15) is 0 Å². The summed E-state index contributed by atoms with van der Waals surface area (Å²) >= 11 is 0. The summed E-state index contributed by atoms with van der Waals surface area (Å²) in [5, 5.41) is 3.66. The lowest BCUT2D eigenvalue weighted by Crippen LogP contribution is -2.62. The van der Waals surface area contributed by atoms with Crippen molar-refractivity contribution in [2.24, 2.45) is 0 Å². The molecule has 0 aromatic heterocycles. The fourth-order valence-electron chi connectivity index (χ4n) is 3.64. The van der Waals surface area contributed by atoms with E-state index < -0.39 is 0 Å². The van der Waals surface area contributed by atoms with E-state index in [1.807, 2.05) is 0 Å². The van der Waals surface area contributed by atoms with Crippen LogP contribution in [0.4, 0.5) is 0 Å². The molecule has 0 saturated carbocycles. The Morgan fingerprint density at radius 2 is 2.19 bits per heavy atom. The van der Waals surface area contributed by atoms with Crippen LogP contribution < -0.4 is 10.1 Å². The Bertz CT molecular complexity index is 512. The highest BCUT2D eigenvalue weighted by molar-refractivity contribution is 5.40. The Hall–Kier alpha value is -1.06. The van der Waals surface area contributed by atoms with Crippen LogP contribution in [0, 0.1) is 6.92 Å². The van der Waals surface area contributed by atoms with Gasteiger partial charge in [0, 0.05) is 37.6 Å². The molecule has 2 aliphatic heterocycles. The number of fused-ring (bicyclic) bond motifs is 1. The molecule has 1 saturated heterocycles. The van der Waals surface area contributed by atoms with Gasteiger partial charge in [0.25, 0.3) is 0 Å². The van der Waals surface area contributed by atoms with Gasteiger partial charge in [0.1, 0.15) is 11.9 Å². The number of ether oxygens (including phenoxy) is 1.